The van der Waals surface area contributed by atoms with Crippen molar-refractivity contribution in [2.24, 2.45) is 0 Å². The fraction of sp³-hybridized carbons (Fsp3) is 0.750. The third-order valence-electron chi connectivity index (χ3n) is 1.22. The van der Waals surface area contributed by atoms with Crippen LogP contribution in [0.5, 0.6) is 0 Å². The third kappa shape index (κ3) is 1.21. The summed E-state index contributed by atoms with van der Waals surface area (Å²) < 4.78 is 22.2. The van der Waals surface area contributed by atoms with Gasteiger partial charge in [-0.25, -0.2) is 17.5 Å². The van der Waals surface area contributed by atoms with Gasteiger partial charge in [-0.1, -0.05) is 0 Å². The average molecular weight is 164 g/mol. The van der Waals surface area contributed by atoms with Gasteiger partial charge in [0, 0.05) is 6.54 Å². The van der Waals surface area contributed by atoms with Crippen LogP contribution in [-0.4, -0.2) is 38.1 Å². The molecule has 10 heavy (non-hydrogen) atoms. The van der Waals surface area contributed by atoms with Crippen molar-refractivity contribution in [3.63, 3.8) is 0 Å². The molecule has 6 heteroatoms. The van der Waals surface area contributed by atoms with E-state index in [2.05, 4.69) is 5.32 Å². The monoisotopic (exact) mass is 164 g/mol. The highest BCUT2D eigenvalue weighted by atomic mass is 32.2. The van der Waals surface area contributed by atoms with Crippen LogP contribution in [0.1, 0.15) is 0 Å². The van der Waals surface area contributed by atoms with Crippen molar-refractivity contribution in [2.45, 2.75) is 0 Å². The predicted molar refractivity (Wildman–Crippen MR) is 34.9 cm³/mol. The molecule has 1 fully saturated rings. The van der Waals surface area contributed by atoms with Gasteiger partial charge < -0.3 is 5.32 Å². The van der Waals surface area contributed by atoms with Gasteiger partial charge in [0.25, 0.3) is 0 Å². The standard InChI is InChI=1S/C4H8N2O3S/c1-10(8,9)6-3-2-5-4(6)7/h2-3H2,1H3,(H,5,7). The number of hydrogen-bond acceptors (Lipinski definition) is 3. The summed E-state index contributed by atoms with van der Waals surface area (Å²) in [7, 11) is -3.33. The number of amides is 2. The van der Waals surface area contributed by atoms with Crippen molar-refractivity contribution < 1.29 is 13.2 Å². The van der Waals surface area contributed by atoms with Crippen LogP contribution in [0.25, 0.3) is 0 Å². The van der Waals surface area contributed by atoms with E-state index in [0.717, 1.165) is 10.6 Å². The van der Waals surface area contributed by atoms with E-state index in [1.165, 1.54) is 0 Å². The smallest absolute Gasteiger partial charge is 0.331 e. The Morgan fingerprint density at radius 2 is 2.20 bits per heavy atom. The summed E-state index contributed by atoms with van der Waals surface area (Å²) in [6.07, 6.45) is 1.01. The van der Waals surface area contributed by atoms with Crippen LogP contribution in [0.15, 0.2) is 0 Å². The first kappa shape index (κ1) is 7.33. The fourth-order valence-corrected chi connectivity index (χ4v) is 1.56. The summed E-state index contributed by atoms with van der Waals surface area (Å²) >= 11 is 0. The molecule has 0 bridgehead atoms. The molecule has 2 amide bonds. The van der Waals surface area contributed by atoms with Crippen LogP contribution in [0.4, 0.5) is 4.79 Å². The zero-order valence-electron chi connectivity index (χ0n) is 5.49. The Hall–Kier alpha value is -0.780. The van der Waals surface area contributed by atoms with Gasteiger partial charge in [0.05, 0.1) is 12.8 Å². The lowest BCUT2D eigenvalue weighted by Gasteiger charge is -2.09. The zero-order chi connectivity index (χ0) is 7.78. The first-order valence-corrected chi connectivity index (χ1v) is 4.62. The number of rotatable bonds is 1. The molecule has 0 atom stereocenters. The van der Waals surface area contributed by atoms with E-state index in [4.69, 9.17) is 0 Å². The van der Waals surface area contributed by atoms with Crippen molar-refractivity contribution in [1.29, 1.82) is 0 Å². The van der Waals surface area contributed by atoms with Crippen molar-refractivity contribution in [3.05, 3.63) is 0 Å². The largest absolute Gasteiger partial charge is 0.335 e. The fourth-order valence-electron chi connectivity index (χ4n) is 0.771. The summed E-state index contributed by atoms with van der Waals surface area (Å²) in [5, 5.41) is 2.38. The van der Waals surface area contributed by atoms with Gasteiger partial charge in [0.1, 0.15) is 0 Å². The maximum atomic E-state index is 10.7. The number of carbonyl (C=O) groups excluding carboxylic acids is 1. The Labute approximate surface area is 59.1 Å². The van der Waals surface area contributed by atoms with E-state index < -0.39 is 16.1 Å². The molecule has 0 spiro atoms. The molecular formula is C4H8N2O3S. The quantitative estimate of drug-likeness (QED) is 0.539. The molecule has 0 saturated carbocycles. The first-order chi connectivity index (χ1) is 4.52. The van der Waals surface area contributed by atoms with Crippen LogP contribution in [0, 0.1) is 0 Å². The van der Waals surface area contributed by atoms with Crippen LogP contribution >= 0.6 is 0 Å². The number of urea groups is 1. The molecule has 1 saturated heterocycles. The summed E-state index contributed by atoms with van der Waals surface area (Å²) in [5.41, 5.74) is 0. The van der Waals surface area contributed by atoms with Gasteiger partial charge in [-0.15, -0.1) is 0 Å². The Kier molecular flexibility index (Phi) is 1.55. The van der Waals surface area contributed by atoms with E-state index in [9.17, 15) is 13.2 Å². The molecule has 5 nitrogen and oxygen atoms in total. The number of nitrogens with zero attached hydrogens (tertiary/aromatic N) is 1. The molecule has 1 heterocycles. The Morgan fingerprint density at radius 1 is 1.60 bits per heavy atom. The number of nitrogens with one attached hydrogen (secondary N) is 1. The minimum atomic E-state index is -3.33. The van der Waals surface area contributed by atoms with E-state index >= 15 is 0 Å². The summed E-state index contributed by atoms with van der Waals surface area (Å²) in [5.74, 6) is 0. The predicted octanol–water partition coefficient (Wildman–Crippen LogP) is -1.03. The van der Waals surface area contributed by atoms with Gasteiger partial charge in [-0.3, -0.25) is 0 Å². The molecule has 1 aliphatic rings. The van der Waals surface area contributed by atoms with E-state index in [1.54, 1.807) is 0 Å². The second-order valence-electron chi connectivity index (χ2n) is 2.07. The highest BCUT2D eigenvalue weighted by molar-refractivity contribution is 7.88. The summed E-state index contributed by atoms with van der Waals surface area (Å²) in [4.78, 5) is 10.7. The van der Waals surface area contributed by atoms with Crippen molar-refractivity contribution in [2.75, 3.05) is 19.3 Å². The molecule has 58 valence electrons. The average Bonchev–Trinajstić information content (AvgIpc) is 2.11. The van der Waals surface area contributed by atoms with Crippen LogP contribution in [0.2, 0.25) is 0 Å². The molecule has 0 aromatic heterocycles. The lowest BCUT2D eigenvalue weighted by molar-refractivity contribution is 0.236. The summed E-state index contributed by atoms with van der Waals surface area (Å²) in [6.45, 7) is 0.656. The molecule has 0 aromatic rings. The number of sulfonamides is 1. The molecule has 0 aromatic carbocycles. The molecule has 0 aliphatic carbocycles. The zero-order valence-corrected chi connectivity index (χ0v) is 6.31. The molecule has 0 radical (unpaired) electrons. The highest BCUT2D eigenvalue weighted by Crippen LogP contribution is 2.01. The van der Waals surface area contributed by atoms with Gasteiger partial charge >= 0.3 is 6.03 Å². The molecule has 0 unspecified atom stereocenters. The van der Waals surface area contributed by atoms with Crippen molar-refractivity contribution in [3.8, 4) is 0 Å². The van der Waals surface area contributed by atoms with Crippen molar-refractivity contribution in [1.82, 2.24) is 9.62 Å². The molecule has 1 rings (SSSR count). The Morgan fingerprint density at radius 3 is 2.40 bits per heavy atom. The summed E-state index contributed by atoms with van der Waals surface area (Å²) in [6, 6.07) is -0.525. The van der Waals surface area contributed by atoms with E-state index in [0.29, 0.717) is 6.54 Å². The minimum Gasteiger partial charge on any atom is -0.335 e. The van der Waals surface area contributed by atoms with Crippen LogP contribution in [-0.2, 0) is 10.0 Å². The lowest BCUT2D eigenvalue weighted by atomic mass is 10.7. The number of carbonyl (C=O) groups is 1. The maximum absolute atomic E-state index is 10.7. The van der Waals surface area contributed by atoms with Gasteiger partial charge in [-0.05, 0) is 0 Å². The highest BCUT2D eigenvalue weighted by Gasteiger charge is 2.27. The number of hydrogen-bond donors (Lipinski definition) is 1. The van der Waals surface area contributed by atoms with Crippen molar-refractivity contribution >= 4 is 16.1 Å². The molecular weight excluding hydrogens is 156 g/mol. The van der Waals surface area contributed by atoms with Gasteiger partial charge in [-0.2, -0.15) is 0 Å². The van der Waals surface area contributed by atoms with Crippen LogP contribution in [0.3, 0.4) is 0 Å². The minimum absolute atomic E-state index is 0.248. The maximum Gasteiger partial charge on any atom is 0.331 e. The third-order valence-corrected chi connectivity index (χ3v) is 2.37. The van der Waals surface area contributed by atoms with E-state index in [1.807, 2.05) is 0 Å². The second kappa shape index (κ2) is 2.12. The van der Waals surface area contributed by atoms with Gasteiger partial charge in [0.15, 0.2) is 0 Å². The SMILES string of the molecule is CS(=O)(=O)N1CCNC1=O. The Balaban J connectivity index is 2.84. The first-order valence-electron chi connectivity index (χ1n) is 2.77. The van der Waals surface area contributed by atoms with Crippen LogP contribution < -0.4 is 5.32 Å². The second-order valence-corrected chi connectivity index (χ2v) is 3.97. The van der Waals surface area contributed by atoms with E-state index in [-0.39, 0.29) is 6.54 Å². The molecule has 1 aliphatic heterocycles. The van der Waals surface area contributed by atoms with Gasteiger partial charge in [0.2, 0.25) is 10.0 Å². The topological polar surface area (TPSA) is 66.5 Å². The molecule has 1 N–H and O–H groups in total. The lowest BCUT2D eigenvalue weighted by Crippen LogP contribution is -2.33. The Bertz CT molecular complexity index is 245. The normalized spacial score (nSPS) is 19.3.